The largest absolute Gasteiger partial charge is 0.500 e. The lowest BCUT2D eigenvalue weighted by atomic mass is 10.0. The van der Waals surface area contributed by atoms with Gasteiger partial charge in [-0.25, -0.2) is 14.5 Å². The molecule has 2 aliphatic rings. The van der Waals surface area contributed by atoms with Crippen LogP contribution in [0, 0.1) is 0 Å². The number of aromatic amines is 2. The Kier molecular flexibility index (Phi) is 10.2. The van der Waals surface area contributed by atoms with Crippen LogP contribution in [0.3, 0.4) is 0 Å². The normalized spacial score (nSPS) is 12.3. The fourth-order valence-electron chi connectivity index (χ4n) is 7.78. The van der Waals surface area contributed by atoms with Crippen LogP contribution in [0.15, 0.2) is 122 Å². The van der Waals surface area contributed by atoms with Crippen molar-refractivity contribution in [3.63, 3.8) is 0 Å². The lowest BCUT2D eigenvalue weighted by Crippen LogP contribution is -2.44. The number of aryl methyl sites for hydroxylation is 1. The van der Waals surface area contributed by atoms with Crippen molar-refractivity contribution in [2.45, 2.75) is 19.0 Å². The summed E-state index contributed by atoms with van der Waals surface area (Å²) in [6.45, 7) is 0.790. The van der Waals surface area contributed by atoms with E-state index < -0.39 is 8.80 Å². The predicted octanol–water partition coefficient (Wildman–Crippen LogP) is 9.06. The smallest absolute Gasteiger partial charge is 0.377 e. The van der Waals surface area contributed by atoms with Crippen molar-refractivity contribution >= 4 is 55.2 Å². The number of pyridine rings is 4. The first-order valence-corrected chi connectivity index (χ1v) is 21.0. The van der Waals surface area contributed by atoms with E-state index in [1.165, 1.54) is 0 Å². The molecule has 12 heteroatoms. The lowest BCUT2D eigenvalue weighted by Gasteiger charge is -2.23. The van der Waals surface area contributed by atoms with Gasteiger partial charge in [-0.05, 0) is 107 Å². The molecule has 0 aliphatic carbocycles. The molecule has 0 amide bonds. The fraction of sp³-hybridized carbons (Fsp3) is 0.130. The number of fused-ring (bicyclic) bond motifs is 8. The van der Waals surface area contributed by atoms with Crippen LogP contribution in [0.1, 0.15) is 29.2 Å². The topological polar surface area (TPSA) is 128 Å². The number of hydrogen-bond acceptors (Lipinski definition) is 8. The molecular formula is C46H41N8O3Si+. The van der Waals surface area contributed by atoms with Crippen molar-refractivity contribution in [1.29, 1.82) is 0 Å². The van der Waals surface area contributed by atoms with Crippen molar-refractivity contribution < 1.29 is 17.8 Å². The molecular weight excluding hydrogens is 741 g/mol. The Morgan fingerprint density at radius 1 is 0.466 bits per heavy atom. The van der Waals surface area contributed by atoms with Crippen molar-refractivity contribution in [2.24, 2.45) is 0 Å². The molecule has 0 aromatic carbocycles. The molecule has 9 heterocycles. The molecule has 8 bridgehead atoms. The molecule has 7 aromatic heterocycles. The van der Waals surface area contributed by atoms with Gasteiger partial charge in [-0.2, -0.15) is 0 Å². The van der Waals surface area contributed by atoms with E-state index in [4.69, 9.17) is 23.2 Å². The second-order valence-electron chi connectivity index (χ2n) is 13.9. The van der Waals surface area contributed by atoms with Crippen LogP contribution in [0.2, 0.25) is 6.04 Å². The zero-order chi connectivity index (χ0) is 39.5. The maximum Gasteiger partial charge on any atom is 0.500 e. The van der Waals surface area contributed by atoms with Gasteiger partial charge in [0.1, 0.15) is 6.54 Å². The molecule has 58 heavy (non-hydrogen) atoms. The molecule has 7 aromatic rings. The Morgan fingerprint density at radius 3 is 1.24 bits per heavy atom. The third-order valence-electron chi connectivity index (χ3n) is 10.7. The summed E-state index contributed by atoms with van der Waals surface area (Å²) in [5.41, 5.74) is 14.9. The average molecular weight is 782 g/mol. The second-order valence-corrected chi connectivity index (χ2v) is 17.0. The zero-order valence-corrected chi connectivity index (χ0v) is 33.4. The molecule has 0 radical (unpaired) electrons. The summed E-state index contributed by atoms with van der Waals surface area (Å²) in [6, 6.07) is 25.7. The molecule has 0 saturated carbocycles. The Balaban J connectivity index is 1.31. The highest BCUT2D eigenvalue weighted by Crippen LogP contribution is 2.38. The van der Waals surface area contributed by atoms with Gasteiger partial charge in [0.2, 0.25) is 0 Å². The zero-order valence-electron chi connectivity index (χ0n) is 32.4. The van der Waals surface area contributed by atoms with Crippen LogP contribution in [-0.4, -0.2) is 65.0 Å². The number of hydrogen-bond donors (Lipinski definition) is 2. The predicted molar refractivity (Wildman–Crippen MR) is 230 cm³/mol. The van der Waals surface area contributed by atoms with E-state index in [1.807, 2.05) is 61.2 Å². The van der Waals surface area contributed by atoms with Crippen molar-refractivity contribution in [3.8, 4) is 44.5 Å². The summed E-state index contributed by atoms with van der Waals surface area (Å²) in [6.07, 6.45) is 24.3. The third-order valence-corrected chi connectivity index (χ3v) is 13.5. The number of H-pyrrole nitrogens is 2. The van der Waals surface area contributed by atoms with Gasteiger partial charge in [-0.3, -0.25) is 15.0 Å². The Hall–Kier alpha value is -6.70. The quantitative estimate of drug-likeness (QED) is 0.0984. The summed E-state index contributed by atoms with van der Waals surface area (Å²) < 4.78 is 19.1. The van der Waals surface area contributed by atoms with Gasteiger partial charge in [0.25, 0.3) is 0 Å². The first-order chi connectivity index (χ1) is 28.6. The average Bonchev–Trinajstić information content (AvgIpc) is 4.13. The second kappa shape index (κ2) is 16.0. The molecule has 11 nitrogen and oxygen atoms in total. The molecule has 0 spiro atoms. The van der Waals surface area contributed by atoms with E-state index in [0.29, 0.717) is 6.04 Å². The number of nitrogens with zero attached hydrogens (tertiary/aromatic N) is 6. The fourth-order valence-corrected chi connectivity index (χ4v) is 9.49. The minimum atomic E-state index is -2.66. The van der Waals surface area contributed by atoms with E-state index in [0.717, 1.165) is 102 Å². The molecule has 286 valence electrons. The van der Waals surface area contributed by atoms with Crippen LogP contribution in [-0.2, 0) is 19.8 Å². The first kappa shape index (κ1) is 36.9. The van der Waals surface area contributed by atoms with E-state index >= 15 is 0 Å². The van der Waals surface area contributed by atoms with Crippen LogP contribution >= 0.6 is 0 Å². The van der Waals surface area contributed by atoms with E-state index in [2.05, 4.69) is 103 Å². The van der Waals surface area contributed by atoms with Crippen LogP contribution in [0.5, 0.6) is 0 Å². The van der Waals surface area contributed by atoms with E-state index in [-0.39, 0.29) is 0 Å². The van der Waals surface area contributed by atoms with E-state index in [1.54, 1.807) is 33.7 Å². The third kappa shape index (κ3) is 7.10. The van der Waals surface area contributed by atoms with Gasteiger partial charge in [0.05, 0.1) is 22.8 Å². The minimum Gasteiger partial charge on any atom is -0.377 e. The molecule has 2 N–H and O–H groups in total. The summed E-state index contributed by atoms with van der Waals surface area (Å²) in [7, 11) is 2.30. The summed E-state index contributed by atoms with van der Waals surface area (Å²) in [4.78, 5) is 31.3. The number of nitrogens with one attached hydrogen (secondary N) is 2. The number of aromatic nitrogens is 8. The van der Waals surface area contributed by atoms with Gasteiger partial charge in [0, 0.05) is 127 Å². The molecule has 2 aliphatic heterocycles. The first-order valence-electron chi connectivity index (χ1n) is 19.1. The van der Waals surface area contributed by atoms with Gasteiger partial charge in [-0.1, -0.05) is 0 Å². The molecule has 9 rings (SSSR count). The molecule has 0 fully saturated rings. The van der Waals surface area contributed by atoms with Crippen molar-refractivity contribution in [2.75, 3.05) is 21.3 Å². The summed E-state index contributed by atoms with van der Waals surface area (Å²) in [5.74, 6) is 0. The maximum atomic E-state index is 5.65. The van der Waals surface area contributed by atoms with Crippen LogP contribution in [0.4, 0.5) is 0 Å². The highest BCUT2D eigenvalue weighted by atomic mass is 28.4. The number of rotatable bonds is 11. The van der Waals surface area contributed by atoms with Crippen LogP contribution in [0.25, 0.3) is 90.9 Å². The van der Waals surface area contributed by atoms with Gasteiger partial charge in [-0.15, -0.1) is 0 Å². The SMILES string of the molecule is CO[Si](CCC[n+]1ccc(-c2c3ccc([nH]3)c(-c3ccncc3)c3nc(c(-c4ccncc4)c4nc(c(-c5ccncc5)c5ccc2[nH]5)C=C4)C=C3)cc1)(OC)OC. The highest BCUT2D eigenvalue weighted by molar-refractivity contribution is 6.60. The summed E-state index contributed by atoms with van der Waals surface area (Å²) >= 11 is 0. The molecule has 0 saturated heterocycles. The Morgan fingerprint density at radius 2 is 0.828 bits per heavy atom. The van der Waals surface area contributed by atoms with Gasteiger partial charge >= 0.3 is 8.80 Å². The van der Waals surface area contributed by atoms with Gasteiger partial charge in [0.15, 0.2) is 12.4 Å². The lowest BCUT2D eigenvalue weighted by molar-refractivity contribution is -0.696. The minimum absolute atomic E-state index is 0.717. The maximum absolute atomic E-state index is 5.65. The Labute approximate surface area is 336 Å². The highest BCUT2D eigenvalue weighted by Gasteiger charge is 2.37. The monoisotopic (exact) mass is 781 g/mol. The standard InChI is InChI=1S/C46H40N8O3Si/c1-55-58(56-2,57-3)30-4-27-54-28-19-34(20-29-54)46-41-11-9-39(52-41)44(32-15-23-48-24-16-32)37-7-5-35(50-37)43(31-13-21-47-22-14-31)36-6-8-38(51-36)45(33-17-25-49-26-18-33)40-10-12-42(46)53-40/h5-26,28-29H,4,27,30H2,1-3H3,(H,50,51,52,53)/p+1. The Bertz CT molecular complexity index is 2670. The molecule has 0 atom stereocenters. The van der Waals surface area contributed by atoms with Crippen molar-refractivity contribution in [1.82, 2.24) is 34.9 Å². The van der Waals surface area contributed by atoms with E-state index in [9.17, 15) is 0 Å². The van der Waals surface area contributed by atoms with Crippen molar-refractivity contribution in [3.05, 3.63) is 145 Å². The van der Waals surface area contributed by atoms with Crippen LogP contribution < -0.4 is 4.57 Å². The van der Waals surface area contributed by atoms with Gasteiger partial charge < -0.3 is 23.2 Å². The summed E-state index contributed by atoms with van der Waals surface area (Å²) in [5, 5.41) is 0. The molecule has 0 unspecified atom stereocenters.